The van der Waals surface area contributed by atoms with Crippen molar-refractivity contribution in [3.05, 3.63) is 45.2 Å². The van der Waals surface area contributed by atoms with Gasteiger partial charge >= 0.3 is 18.1 Å². The number of alkyl halides is 5. The number of nitrogens with one attached hydrogen (secondary N) is 1. The highest BCUT2D eigenvalue weighted by Crippen LogP contribution is 2.44. The van der Waals surface area contributed by atoms with Crippen LogP contribution in [0.4, 0.5) is 27.0 Å². The van der Waals surface area contributed by atoms with Gasteiger partial charge < -0.3 is 10.1 Å². The first-order valence-corrected chi connectivity index (χ1v) is 10.5. The van der Waals surface area contributed by atoms with E-state index in [2.05, 4.69) is 15.4 Å². The Balaban J connectivity index is 2.07. The number of carbonyl (C=O) groups is 3. The molecule has 8 nitrogen and oxygen atoms in total. The van der Waals surface area contributed by atoms with Crippen molar-refractivity contribution in [2.24, 2.45) is 0 Å². The predicted octanol–water partition coefficient (Wildman–Crippen LogP) is 4.69. The molecule has 3 heterocycles. The number of aryl methyl sites for hydroxylation is 1. The van der Waals surface area contributed by atoms with E-state index < -0.39 is 41.0 Å². The number of halogens is 5. The summed E-state index contributed by atoms with van der Waals surface area (Å²) in [6.45, 7) is 5.54. The summed E-state index contributed by atoms with van der Waals surface area (Å²) in [4.78, 5) is 41.1. The number of esters is 1. The largest absolute Gasteiger partial charge is 0.462 e. The molecule has 0 atom stereocenters. The molecule has 3 rings (SSSR count). The van der Waals surface area contributed by atoms with E-state index in [4.69, 9.17) is 4.74 Å². The van der Waals surface area contributed by atoms with Crippen molar-refractivity contribution in [2.75, 3.05) is 11.9 Å². The number of fused-ring (bicyclic) bond motifs is 1. The monoisotopic (exact) mass is 504 g/mol. The Morgan fingerprint density at radius 2 is 1.79 bits per heavy atom. The molecule has 0 aliphatic rings. The number of ether oxygens (including phenoxy) is 1. The predicted molar refractivity (Wildman–Crippen MR) is 111 cm³/mol. The zero-order chi connectivity index (χ0) is 25.6. The lowest BCUT2D eigenvalue weighted by Gasteiger charge is -2.20. The number of ketones is 1. The summed E-state index contributed by atoms with van der Waals surface area (Å²) in [6, 6.07) is 1.45. The van der Waals surface area contributed by atoms with Crippen LogP contribution in [0.5, 0.6) is 0 Å². The zero-order valence-electron chi connectivity index (χ0n) is 18.1. The molecule has 1 N–H and O–H groups in total. The van der Waals surface area contributed by atoms with Crippen molar-refractivity contribution < 1.29 is 41.1 Å². The molecule has 0 spiro atoms. The Bertz CT molecular complexity index is 1310. The minimum absolute atomic E-state index is 0.0184. The van der Waals surface area contributed by atoms with Crippen LogP contribution in [0.1, 0.15) is 61.3 Å². The van der Waals surface area contributed by atoms with E-state index in [1.165, 1.54) is 20.8 Å². The second kappa shape index (κ2) is 8.74. The highest BCUT2D eigenvalue weighted by molar-refractivity contribution is 7.18. The fourth-order valence-corrected chi connectivity index (χ4v) is 4.22. The Labute approximate surface area is 192 Å². The highest BCUT2D eigenvalue weighted by atomic mass is 32.1. The third-order valence-electron chi connectivity index (χ3n) is 4.64. The molecular weight excluding hydrogens is 487 g/mol. The van der Waals surface area contributed by atoms with Crippen LogP contribution >= 0.6 is 11.3 Å². The minimum Gasteiger partial charge on any atom is -0.462 e. The second-order valence-electron chi connectivity index (χ2n) is 7.15. The SMILES string of the molecule is CCOC(=O)c1c(NC(=O)c2cc3nc(C)cc(C(F)(F)C(F)(F)F)n3n2)sc(C(C)=O)c1C. The summed E-state index contributed by atoms with van der Waals surface area (Å²) in [6.07, 6.45) is -5.91. The lowest BCUT2D eigenvalue weighted by atomic mass is 10.1. The van der Waals surface area contributed by atoms with Crippen LogP contribution in [0.15, 0.2) is 12.1 Å². The summed E-state index contributed by atoms with van der Waals surface area (Å²) in [7, 11) is 0. The van der Waals surface area contributed by atoms with Crippen LogP contribution in [-0.4, -0.2) is 45.0 Å². The van der Waals surface area contributed by atoms with Gasteiger partial charge in [0, 0.05) is 11.8 Å². The van der Waals surface area contributed by atoms with Crippen LogP contribution in [0.2, 0.25) is 0 Å². The molecule has 0 saturated carbocycles. The Morgan fingerprint density at radius 3 is 2.35 bits per heavy atom. The number of amides is 1. The number of thiophene rings is 1. The fraction of sp³-hybridized carbons (Fsp3) is 0.350. The van der Waals surface area contributed by atoms with Gasteiger partial charge in [0.2, 0.25) is 0 Å². The topological polar surface area (TPSA) is 103 Å². The lowest BCUT2D eigenvalue weighted by molar-refractivity contribution is -0.291. The van der Waals surface area contributed by atoms with Crippen molar-refractivity contribution in [3.63, 3.8) is 0 Å². The van der Waals surface area contributed by atoms with Crippen LogP contribution in [-0.2, 0) is 10.7 Å². The molecule has 0 aliphatic carbocycles. The molecule has 0 radical (unpaired) electrons. The molecule has 0 fully saturated rings. The number of nitrogens with zero attached hydrogens (tertiary/aromatic N) is 3. The Hall–Kier alpha value is -3.42. The van der Waals surface area contributed by atoms with Crippen LogP contribution in [0.3, 0.4) is 0 Å². The number of Topliss-reactive ketones (excluding diaryl/α,β-unsaturated/α-hetero) is 1. The lowest BCUT2D eigenvalue weighted by Crippen LogP contribution is -2.36. The number of hydrogen-bond acceptors (Lipinski definition) is 7. The molecule has 0 bridgehead atoms. The van der Waals surface area contributed by atoms with Gasteiger partial charge in [-0.3, -0.25) is 9.59 Å². The average Bonchev–Trinajstić information content (AvgIpc) is 3.27. The molecule has 3 aromatic rings. The maximum Gasteiger partial charge on any atom is 0.459 e. The number of hydrogen-bond donors (Lipinski definition) is 1. The molecule has 3 aromatic heterocycles. The summed E-state index contributed by atoms with van der Waals surface area (Å²) in [5.41, 5.74) is -2.43. The van der Waals surface area contributed by atoms with E-state index in [0.717, 1.165) is 17.4 Å². The van der Waals surface area contributed by atoms with Gasteiger partial charge in [-0.05, 0) is 39.3 Å². The summed E-state index contributed by atoms with van der Waals surface area (Å²) < 4.78 is 72.2. The van der Waals surface area contributed by atoms with Crippen molar-refractivity contribution in [1.82, 2.24) is 14.6 Å². The van der Waals surface area contributed by atoms with Crippen molar-refractivity contribution in [1.29, 1.82) is 0 Å². The van der Waals surface area contributed by atoms with Gasteiger partial charge in [-0.25, -0.2) is 14.3 Å². The van der Waals surface area contributed by atoms with Gasteiger partial charge in [0.25, 0.3) is 5.91 Å². The molecule has 0 unspecified atom stereocenters. The maximum absolute atomic E-state index is 14.1. The van der Waals surface area contributed by atoms with E-state index in [9.17, 15) is 36.3 Å². The molecule has 0 aromatic carbocycles. The highest BCUT2D eigenvalue weighted by Gasteiger charge is 2.60. The number of carbonyl (C=O) groups excluding carboxylic acids is 3. The molecule has 182 valence electrons. The molecule has 1 amide bonds. The van der Waals surface area contributed by atoms with Gasteiger partial charge in [0.1, 0.15) is 10.7 Å². The first-order valence-electron chi connectivity index (χ1n) is 9.64. The van der Waals surface area contributed by atoms with E-state index in [1.807, 2.05) is 0 Å². The Kier molecular flexibility index (Phi) is 6.48. The third kappa shape index (κ3) is 4.36. The zero-order valence-corrected chi connectivity index (χ0v) is 19.0. The average molecular weight is 504 g/mol. The first kappa shape index (κ1) is 25.2. The van der Waals surface area contributed by atoms with Gasteiger partial charge in [0.15, 0.2) is 17.1 Å². The molecule has 0 saturated heterocycles. The van der Waals surface area contributed by atoms with Crippen molar-refractivity contribution in [2.45, 2.75) is 39.8 Å². The normalized spacial score (nSPS) is 12.1. The maximum atomic E-state index is 14.1. The van der Waals surface area contributed by atoms with E-state index in [1.54, 1.807) is 6.92 Å². The van der Waals surface area contributed by atoms with Crippen molar-refractivity contribution >= 4 is 39.6 Å². The van der Waals surface area contributed by atoms with Crippen LogP contribution in [0.25, 0.3) is 5.65 Å². The first-order chi connectivity index (χ1) is 15.7. The van der Waals surface area contributed by atoms with Crippen LogP contribution < -0.4 is 5.32 Å². The molecule has 0 aliphatic heterocycles. The fourth-order valence-electron chi connectivity index (χ4n) is 3.13. The second-order valence-corrected chi connectivity index (χ2v) is 8.17. The van der Waals surface area contributed by atoms with Crippen LogP contribution in [0, 0.1) is 13.8 Å². The summed E-state index contributed by atoms with van der Waals surface area (Å²) in [5.74, 6) is -7.47. The number of rotatable bonds is 6. The quantitative estimate of drug-likeness (QED) is 0.297. The third-order valence-corrected chi connectivity index (χ3v) is 5.95. The summed E-state index contributed by atoms with van der Waals surface area (Å²) in [5, 5.41) is 5.89. The molecule has 14 heteroatoms. The van der Waals surface area contributed by atoms with Gasteiger partial charge in [-0.2, -0.15) is 27.1 Å². The minimum atomic E-state index is -5.91. The number of anilines is 1. The van der Waals surface area contributed by atoms with E-state index >= 15 is 0 Å². The van der Waals surface area contributed by atoms with Crippen molar-refractivity contribution in [3.8, 4) is 0 Å². The summed E-state index contributed by atoms with van der Waals surface area (Å²) >= 11 is 0.790. The Morgan fingerprint density at radius 1 is 1.15 bits per heavy atom. The van der Waals surface area contributed by atoms with Gasteiger partial charge in [-0.1, -0.05) is 0 Å². The van der Waals surface area contributed by atoms with E-state index in [-0.39, 0.29) is 43.6 Å². The smallest absolute Gasteiger partial charge is 0.459 e. The standard InChI is InChI=1S/C20H17F5N4O4S/c1-5-33-18(32)14-9(3)15(10(4)30)34-17(14)27-16(31)11-7-13-26-8(2)6-12(29(13)28-11)19(21,22)20(23,24)25/h6-7H,5H2,1-4H3,(H,27,31). The van der Waals surface area contributed by atoms with E-state index in [0.29, 0.717) is 6.07 Å². The number of aromatic nitrogens is 3. The molecule has 34 heavy (non-hydrogen) atoms. The molecular formula is C20H17F5N4O4S. The van der Waals surface area contributed by atoms with Gasteiger partial charge in [-0.15, -0.1) is 11.3 Å². The van der Waals surface area contributed by atoms with Gasteiger partial charge in [0.05, 0.1) is 17.0 Å².